The lowest BCUT2D eigenvalue weighted by molar-refractivity contribution is 0.0944. The molecule has 12 heteroatoms. The number of aliphatic hydroxyl groups is 1. The van der Waals surface area contributed by atoms with Crippen LogP contribution in [0.2, 0.25) is 0 Å². The highest BCUT2D eigenvalue weighted by Gasteiger charge is 2.26. The third-order valence-corrected chi connectivity index (χ3v) is 6.17. The summed E-state index contributed by atoms with van der Waals surface area (Å²) in [6, 6.07) is 3.43. The van der Waals surface area contributed by atoms with E-state index in [-0.39, 0.29) is 55.0 Å². The lowest BCUT2D eigenvalue weighted by Gasteiger charge is -2.25. The van der Waals surface area contributed by atoms with Gasteiger partial charge in [-0.25, -0.2) is 9.67 Å². The number of nitrogens with one attached hydrogen (secondary N) is 1. The average Bonchev–Trinajstić information content (AvgIpc) is 3.20. The minimum atomic E-state index is -0.341. The molecule has 0 saturated heterocycles. The van der Waals surface area contributed by atoms with Crippen molar-refractivity contribution in [2.24, 2.45) is 4.99 Å². The number of rotatable bonds is 10. The predicted molar refractivity (Wildman–Crippen MR) is 150 cm³/mol. The van der Waals surface area contributed by atoms with Gasteiger partial charge in [0.2, 0.25) is 5.62 Å². The molecule has 0 saturated carbocycles. The first kappa shape index (κ1) is 31.8. The van der Waals surface area contributed by atoms with E-state index in [2.05, 4.69) is 20.5 Å². The Balaban J connectivity index is 0.00000533. The van der Waals surface area contributed by atoms with Crippen LogP contribution in [0.15, 0.2) is 17.1 Å². The molecule has 39 heavy (non-hydrogen) atoms. The zero-order valence-corrected chi connectivity index (χ0v) is 24.7. The average molecular weight is 563 g/mol. The largest absolute Gasteiger partial charge is 0.493 e. The number of benzene rings is 1. The number of Topliss-reactive ketones (excluding diaryl/α,β-unsaturated/α-hetero) is 1. The Hall–Kier alpha value is -3.44. The summed E-state index contributed by atoms with van der Waals surface area (Å²) in [6.45, 7) is 14.2. The summed E-state index contributed by atoms with van der Waals surface area (Å²) in [5, 5.41) is 21.3. The van der Waals surface area contributed by atoms with E-state index in [0.29, 0.717) is 47.0 Å². The van der Waals surface area contributed by atoms with E-state index in [9.17, 15) is 14.7 Å². The van der Waals surface area contributed by atoms with Gasteiger partial charge in [0.25, 0.3) is 5.91 Å². The minimum absolute atomic E-state index is 0. The van der Waals surface area contributed by atoms with Crippen molar-refractivity contribution in [2.45, 2.75) is 60.4 Å². The molecule has 0 fully saturated rings. The standard InChI is InChI=1S/C27H38N6O5.ClH/c1-9-28-25(36)22-16(3)17(4)24-31-32(26(29-10-2)33(24)30-22)15-20(35)18-13-19(27(5,6)7)23(37-8)21(14-18)38-12-11-34;/h13-14,34H,9-12,15H2,1-8H3,(H,28,36);1H. The van der Waals surface area contributed by atoms with Crippen molar-refractivity contribution < 1.29 is 24.2 Å². The molecule has 3 rings (SSSR count). The maximum atomic E-state index is 13.6. The van der Waals surface area contributed by atoms with Crippen molar-refractivity contribution in [1.82, 2.24) is 24.7 Å². The van der Waals surface area contributed by atoms with Crippen molar-refractivity contribution in [2.75, 3.05) is 33.4 Å². The zero-order chi connectivity index (χ0) is 28.2. The van der Waals surface area contributed by atoms with Crippen molar-refractivity contribution in [3.05, 3.63) is 45.7 Å². The smallest absolute Gasteiger partial charge is 0.272 e. The van der Waals surface area contributed by atoms with Gasteiger partial charge in [0, 0.05) is 29.8 Å². The summed E-state index contributed by atoms with van der Waals surface area (Å²) in [7, 11) is 1.55. The number of halogens is 1. The van der Waals surface area contributed by atoms with Gasteiger partial charge >= 0.3 is 0 Å². The molecule has 1 amide bonds. The Morgan fingerprint density at radius 1 is 1.13 bits per heavy atom. The number of aryl methyl sites for hydroxylation is 1. The number of ether oxygens (including phenoxy) is 2. The van der Waals surface area contributed by atoms with Crippen LogP contribution in [-0.2, 0) is 12.0 Å². The number of fused-ring (bicyclic) bond motifs is 1. The molecule has 0 atom stereocenters. The number of carbonyl (C=O) groups is 2. The van der Waals surface area contributed by atoms with E-state index in [0.717, 1.165) is 11.1 Å². The number of carbonyl (C=O) groups excluding carboxylic acids is 2. The van der Waals surface area contributed by atoms with Crippen LogP contribution in [0.1, 0.15) is 72.2 Å². The second kappa shape index (κ2) is 13.1. The van der Waals surface area contributed by atoms with E-state index >= 15 is 0 Å². The van der Waals surface area contributed by atoms with Gasteiger partial charge in [-0.1, -0.05) is 20.8 Å². The summed E-state index contributed by atoms with van der Waals surface area (Å²) >= 11 is 0. The predicted octanol–water partition coefficient (Wildman–Crippen LogP) is 2.80. The summed E-state index contributed by atoms with van der Waals surface area (Å²) in [4.78, 5) is 30.8. The van der Waals surface area contributed by atoms with Crippen molar-refractivity contribution in [1.29, 1.82) is 0 Å². The van der Waals surface area contributed by atoms with E-state index in [1.54, 1.807) is 19.2 Å². The fourth-order valence-electron chi connectivity index (χ4n) is 4.13. The van der Waals surface area contributed by atoms with Gasteiger partial charge in [-0.05, 0) is 50.8 Å². The Kier molecular flexibility index (Phi) is 10.7. The number of aliphatic hydroxyl groups excluding tert-OH is 1. The van der Waals surface area contributed by atoms with E-state index < -0.39 is 0 Å². The highest BCUT2D eigenvalue weighted by molar-refractivity contribution is 5.97. The van der Waals surface area contributed by atoms with E-state index in [1.807, 2.05) is 48.5 Å². The van der Waals surface area contributed by atoms with Crippen LogP contribution in [0.25, 0.3) is 5.65 Å². The molecule has 0 radical (unpaired) electrons. The monoisotopic (exact) mass is 562 g/mol. The van der Waals surface area contributed by atoms with Crippen molar-refractivity contribution in [3.8, 4) is 11.5 Å². The molecule has 0 unspecified atom stereocenters. The number of nitrogens with zero attached hydrogens (tertiary/aromatic N) is 5. The van der Waals surface area contributed by atoms with Crippen LogP contribution in [0.4, 0.5) is 0 Å². The van der Waals surface area contributed by atoms with Crippen molar-refractivity contribution in [3.63, 3.8) is 0 Å². The van der Waals surface area contributed by atoms with Gasteiger partial charge < -0.3 is 19.9 Å². The van der Waals surface area contributed by atoms with Crippen LogP contribution < -0.4 is 20.4 Å². The van der Waals surface area contributed by atoms with Gasteiger partial charge in [0.15, 0.2) is 28.6 Å². The third-order valence-electron chi connectivity index (χ3n) is 6.17. The number of methoxy groups -OCH3 is 1. The second-order valence-electron chi connectivity index (χ2n) is 9.93. The van der Waals surface area contributed by atoms with Gasteiger partial charge in [-0.15, -0.1) is 17.5 Å². The number of amides is 1. The molecule has 0 aliphatic rings. The Bertz CT molecular complexity index is 1420. The molecule has 1 aromatic carbocycles. The molecule has 0 aliphatic heterocycles. The van der Waals surface area contributed by atoms with E-state index in [4.69, 9.17) is 9.47 Å². The number of hydrogen-bond acceptors (Lipinski definition) is 8. The molecule has 2 N–H and O–H groups in total. The van der Waals surface area contributed by atoms with Gasteiger partial charge in [-0.2, -0.15) is 9.61 Å². The number of hydrogen-bond donors (Lipinski definition) is 2. The van der Waals surface area contributed by atoms with Crippen molar-refractivity contribution >= 4 is 29.7 Å². The first-order valence-corrected chi connectivity index (χ1v) is 12.7. The molecule has 214 valence electrons. The maximum absolute atomic E-state index is 13.6. The molecule has 0 bridgehead atoms. The maximum Gasteiger partial charge on any atom is 0.272 e. The molecule has 0 spiro atoms. The molecular weight excluding hydrogens is 524 g/mol. The first-order chi connectivity index (χ1) is 18.0. The molecular formula is C27H39ClN6O5. The second-order valence-corrected chi connectivity index (χ2v) is 9.93. The Labute approximate surface area is 234 Å². The number of aromatic nitrogens is 4. The molecule has 3 aromatic rings. The van der Waals surface area contributed by atoms with Gasteiger partial charge in [0.05, 0.1) is 13.7 Å². The first-order valence-electron chi connectivity index (χ1n) is 12.7. The molecule has 0 aliphatic carbocycles. The summed E-state index contributed by atoms with van der Waals surface area (Å²) in [5.41, 5.74) is 3.54. The topological polar surface area (TPSA) is 132 Å². The molecule has 11 nitrogen and oxygen atoms in total. The van der Waals surface area contributed by atoms with Gasteiger partial charge in [-0.3, -0.25) is 9.59 Å². The SMILES string of the molecule is CCN=c1n(CC(=O)c2cc(OCCO)c(OC)c(C(C)(C)C)c2)nc2c(C)c(C)c(C(=O)NCC)nn12.Cl. The molecule has 2 heterocycles. The minimum Gasteiger partial charge on any atom is -0.493 e. The Morgan fingerprint density at radius 2 is 1.82 bits per heavy atom. The fourth-order valence-corrected chi connectivity index (χ4v) is 4.13. The molecule has 2 aromatic heterocycles. The quantitative estimate of drug-likeness (QED) is 0.363. The van der Waals surface area contributed by atoms with Crippen LogP contribution in [-0.4, -0.2) is 69.6 Å². The zero-order valence-electron chi connectivity index (χ0n) is 23.9. The van der Waals surface area contributed by atoms with Crippen LogP contribution in [0.3, 0.4) is 0 Å². The third kappa shape index (κ3) is 6.59. The fraction of sp³-hybridized carbons (Fsp3) is 0.519. The summed E-state index contributed by atoms with van der Waals surface area (Å²) in [6.07, 6.45) is 0. The lowest BCUT2D eigenvalue weighted by Crippen LogP contribution is -2.30. The van der Waals surface area contributed by atoms with Crippen LogP contribution in [0.5, 0.6) is 11.5 Å². The van der Waals surface area contributed by atoms with Gasteiger partial charge in [0.1, 0.15) is 13.2 Å². The normalized spacial score (nSPS) is 11.9. The van der Waals surface area contributed by atoms with E-state index in [1.165, 1.54) is 9.20 Å². The summed E-state index contributed by atoms with van der Waals surface area (Å²) in [5.74, 6) is 0.414. The highest BCUT2D eigenvalue weighted by atomic mass is 35.5. The number of ketones is 1. The Morgan fingerprint density at radius 3 is 2.38 bits per heavy atom. The summed E-state index contributed by atoms with van der Waals surface area (Å²) < 4.78 is 14.4. The van der Waals surface area contributed by atoms with Crippen LogP contribution in [0, 0.1) is 13.8 Å². The lowest BCUT2D eigenvalue weighted by atomic mass is 9.84. The van der Waals surface area contributed by atoms with Crippen LogP contribution >= 0.6 is 12.4 Å². The highest BCUT2D eigenvalue weighted by Crippen LogP contribution is 2.40.